The summed E-state index contributed by atoms with van der Waals surface area (Å²) in [4.78, 5) is 5.15. The molecule has 0 spiro atoms. The first-order valence-electron chi connectivity index (χ1n) is 10.3. The number of piperidine rings is 2. The Labute approximate surface area is 157 Å². The van der Waals surface area contributed by atoms with Gasteiger partial charge in [0, 0.05) is 11.9 Å². The van der Waals surface area contributed by atoms with Crippen molar-refractivity contribution in [3.05, 3.63) is 12.2 Å². The minimum atomic E-state index is 0.435. The molecule has 0 radical (unpaired) electrons. The molecule has 2 rings (SSSR count). The second kappa shape index (κ2) is 12.4. The van der Waals surface area contributed by atoms with Crippen LogP contribution < -0.4 is 0 Å². The second-order valence-corrected chi connectivity index (χ2v) is 8.43. The molecule has 0 N–H and O–H groups in total. The van der Waals surface area contributed by atoms with E-state index >= 15 is 0 Å². The zero-order valence-corrected chi connectivity index (χ0v) is 17.7. The minimum Gasteiger partial charge on any atom is -0.303 e. The molecule has 1 atom stereocenters. The molecular formula is C21H42N2S. The normalized spacial score (nSPS) is 22.7. The third-order valence-electron chi connectivity index (χ3n) is 5.72. The molecule has 0 aliphatic carbocycles. The van der Waals surface area contributed by atoms with Gasteiger partial charge in [-0.1, -0.05) is 32.3 Å². The first-order valence-corrected chi connectivity index (χ1v) is 10.8. The van der Waals surface area contributed by atoms with Gasteiger partial charge in [0.25, 0.3) is 0 Å². The number of thiol groups is 1. The molecule has 2 aliphatic heterocycles. The highest BCUT2D eigenvalue weighted by atomic mass is 32.1. The molecule has 0 aromatic rings. The van der Waals surface area contributed by atoms with Crippen molar-refractivity contribution >= 4 is 12.6 Å². The molecule has 0 amide bonds. The van der Waals surface area contributed by atoms with E-state index in [0.717, 1.165) is 11.8 Å². The Kier molecular flexibility index (Phi) is 11.4. The van der Waals surface area contributed by atoms with Crippen molar-refractivity contribution in [2.75, 3.05) is 32.7 Å². The molecule has 142 valence electrons. The first kappa shape index (κ1) is 22.1. The number of likely N-dealkylation sites (tertiary alicyclic amines) is 2. The largest absolute Gasteiger partial charge is 0.303 e. The van der Waals surface area contributed by atoms with Gasteiger partial charge in [0.2, 0.25) is 0 Å². The number of rotatable bonds is 7. The number of hydrogen-bond donors (Lipinski definition) is 1. The highest BCUT2D eigenvalue weighted by Gasteiger charge is 2.23. The van der Waals surface area contributed by atoms with Gasteiger partial charge in [-0.2, -0.15) is 12.6 Å². The number of nitrogens with zero attached hydrogens (tertiary/aromatic N) is 2. The minimum absolute atomic E-state index is 0.435. The van der Waals surface area contributed by atoms with Crippen molar-refractivity contribution in [3.63, 3.8) is 0 Å². The van der Waals surface area contributed by atoms with E-state index in [-0.39, 0.29) is 0 Å². The quantitative estimate of drug-likeness (QED) is 0.479. The van der Waals surface area contributed by atoms with Gasteiger partial charge >= 0.3 is 0 Å². The Morgan fingerprint density at radius 3 is 1.88 bits per heavy atom. The summed E-state index contributed by atoms with van der Waals surface area (Å²) in [5.74, 6) is 1.97. The van der Waals surface area contributed by atoms with Crippen LogP contribution >= 0.6 is 12.6 Å². The molecule has 0 aromatic heterocycles. The predicted molar refractivity (Wildman–Crippen MR) is 112 cm³/mol. The fraction of sp³-hybridized carbons (Fsp3) is 0.905. The maximum absolute atomic E-state index is 4.56. The van der Waals surface area contributed by atoms with Gasteiger partial charge in [0.05, 0.1) is 0 Å². The highest BCUT2D eigenvalue weighted by molar-refractivity contribution is 7.80. The van der Waals surface area contributed by atoms with E-state index in [0.29, 0.717) is 5.37 Å². The van der Waals surface area contributed by atoms with Crippen LogP contribution in [-0.2, 0) is 0 Å². The summed E-state index contributed by atoms with van der Waals surface area (Å²) in [6, 6.07) is 0. The van der Waals surface area contributed by atoms with Gasteiger partial charge in [0.15, 0.2) is 0 Å². The summed E-state index contributed by atoms with van der Waals surface area (Å²) in [5.41, 5.74) is 1.32. The summed E-state index contributed by atoms with van der Waals surface area (Å²) in [5, 5.41) is 0.435. The van der Waals surface area contributed by atoms with Crippen molar-refractivity contribution in [2.45, 2.75) is 78.0 Å². The van der Waals surface area contributed by atoms with E-state index < -0.39 is 0 Å². The van der Waals surface area contributed by atoms with Gasteiger partial charge in [-0.05, 0) is 84.0 Å². The lowest BCUT2D eigenvalue weighted by Crippen LogP contribution is -2.38. The third kappa shape index (κ3) is 8.40. The van der Waals surface area contributed by atoms with E-state index in [1.807, 2.05) is 13.8 Å². The van der Waals surface area contributed by atoms with Gasteiger partial charge in [-0.25, -0.2) is 0 Å². The summed E-state index contributed by atoms with van der Waals surface area (Å²) in [6.45, 7) is 18.7. The van der Waals surface area contributed by atoms with Crippen molar-refractivity contribution in [3.8, 4) is 0 Å². The van der Waals surface area contributed by atoms with Crippen molar-refractivity contribution in [1.82, 2.24) is 9.80 Å². The average molecular weight is 355 g/mol. The summed E-state index contributed by atoms with van der Waals surface area (Å²) in [6.07, 6.45) is 9.73. The Morgan fingerprint density at radius 1 is 1.00 bits per heavy atom. The maximum atomic E-state index is 4.56. The first-order chi connectivity index (χ1) is 11.5. The zero-order chi connectivity index (χ0) is 17.9. The van der Waals surface area contributed by atoms with Crippen LogP contribution in [0.4, 0.5) is 0 Å². The second-order valence-electron chi connectivity index (χ2n) is 7.68. The van der Waals surface area contributed by atoms with Crippen molar-refractivity contribution in [2.24, 2.45) is 11.8 Å². The van der Waals surface area contributed by atoms with Gasteiger partial charge in [-0.3, -0.25) is 4.90 Å². The van der Waals surface area contributed by atoms with Crippen LogP contribution in [0.3, 0.4) is 0 Å². The molecular weight excluding hydrogens is 312 g/mol. The molecule has 1 unspecified atom stereocenters. The van der Waals surface area contributed by atoms with Crippen molar-refractivity contribution < 1.29 is 0 Å². The molecule has 0 saturated carbocycles. The SMILES string of the molecule is C=C(C)CCN1CCC(CCC2CCN(C(C)S)CC2)CC1.CC. The van der Waals surface area contributed by atoms with E-state index in [1.165, 1.54) is 83.2 Å². The molecule has 2 saturated heterocycles. The van der Waals surface area contributed by atoms with Crippen molar-refractivity contribution in [1.29, 1.82) is 0 Å². The zero-order valence-electron chi connectivity index (χ0n) is 16.8. The lowest BCUT2D eigenvalue weighted by Gasteiger charge is -2.36. The fourth-order valence-corrected chi connectivity index (χ4v) is 4.17. The Morgan fingerprint density at radius 2 is 1.46 bits per heavy atom. The summed E-state index contributed by atoms with van der Waals surface area (Å²) in [7, 11) is 0. The van der Waals surface area contributed by atoms with Crippen LogP contribution in [0.5, 0.6) is 0 Å². The Balaban J connectivity index is 0.00000139. The molecule has 2 fully saturated rings. The predicted octanol–water partition coefficient (Wildman–Crippen LogP) is 5.46. The van der Waals surface area contributed by atoms with E-state index in [2.05, 4.69) is 42.9 Å². The van der Waals surface area contributed by atoms with Gasteiger partial charge in [-0.15, -0.1) is 6.58 Å². The molecule has 3 heteroatoms. The topological polar surface area (TPSA) is 6.48 Å². The molecule has 2 heterocycles. The third-order valence-corrected chi connectivity index (χ3v) is 6.05. The van der Waals surface area contributed by atoms with Crippen LogP contribution in [0, 0.1) is 11.8 Å². The van der Waals surface area contributed by atoms with Crippen LogP contribution in [0.1, 0.15) is 72.6 Å². The van der Waals surface area contributed by atoms with Crippen LogP contribution in [0.15, 0.2) is 12.2 Å². The summed E-state index contributed by atoms with van der Waals surface area (Å²) >= 11 is 4.56. The molecule has 0 bridgehead atoms. The average Bonchev–Trinajstić information content (AvgIpc) is 2.61. The molecule has 2 aliphatic rings. The Hall–Kier alpha value is 0.0100. The molecule has 2 nitrogen and oxygen atoms in total. The van der Waals surface area contributed by atoms with Crippen LogP contribution in [-0.4, -0.2) is 47.9 Å². The Bertz CT molecular complexity index is 327. The fourth-order valence-electron chi connectivity index (χ4n) is 3.93. The van der Waals surface area contributed by atoms with E-state index in [9.17, 15) is 0 Å². The van der Waals surface area contributed by atoms with Gasteiger partial charge in [0.1, 0.15) is 0 Å². The molecule has 24 heavy (non-hydrogen) atoms. The lowest BCUT2D eigenvalue weighted by molar-refractivity contribution is 0.150. The van der Waals surface area contributed by atoms with Crippen LogP contribution in [0.2, 0.25) is 0 Å². The highest BCUT2D eigenvalue weighted by Crippen LogP contribution is 2.29. The van der Waals surface area contributed by atoms with E-state index in [4.69, 9.17) is 0 Å². The summed E-state index contributed by atoms with van der Waals surface area (Å²) < 4.78 is 0. The monoisotopic (exact) mass is 354 g/mol. The van der Waals surface area contributed by atoms with Gasteiger partial charge < -0.3 is 4.90 Å². The lowest BCUT2D eigenvalue weighted by atomic mass is 9.85. The standard InChI is InChI=1S/C19H36N2S.C2H6/c1-16(2)6-11-20-12-7-18(8-13-20)4-5-19-9-14-21(15-10-19)17(3)22;1-2/h17-19,22H,1,4-15H2,2-3H3;1-2H3. The van der Waals surface area contributed by atoms with Crippen LogP contribution in [0.25, 0.3) is 0 Å². The van der Waals surface area contributed by atoms with E-state index in [1.54, 1.807) is 0 Å². The number of hydrogen-bond acceptors (Lipinski definition) is 3. The smallest absolute Gasteiger partial charge is 0.0499 e. The maximum Gasteiger partial charge on any atom is 0.0499 e. The molecule has 0 aromatic carbocycles.